The summed E-state index contributed by atoms with van der Waals surface area (Å²) in [6.07, 6.45) is 8.19. The van der Waals surface area contributed by atoms with Crippen molar-refractivity contribution < 1.29 is 4.79 Å². The Kier molecular flexibility index (Phi) is 3.32. The van der Waals surface area contributed by atoms with Gasteiger partial charge in [-0.25, -0.2) is 0 Å². The topological polar surface area (TPSA) is 58.4 Å². The molecule has 18 heavy (non-hydrogen) atoms. The van der Waals surface area contributed by atoms with Gasteiger partial charge in [0.15, 0.2) is 0 Å². The van der Waals surface area contributed by atoms with Gasteiger partial charge in [-0.2, -0.15) is 0 Å². The summed E-state index contributed by atoms with van der Waals surface area (Å²) in [6, 6.07) is 1.90. The van der Waals surface area contributed by atoms with E-state index in [1.807, 2.05) is 0 Å². The largest absolute Gasteiger partial charge is 0.352 e. The zero-order valence-corrected chi connectivity index (χ0v) is 11.3. The quantitative estimate of drug-likeness (QED) is 0.786. The van der Waals surface area contributed by atoms with Crippen LogP contribution in [0, 0.1) is 0 Å². The van der Waals surface area contributed by atoms with Crippen LogP contribution in [0.15, 0.2) is 0 Å². The molecule has 0 spiro atoms. The monoisotopic (exact) mass is 251 g/mol. The first-order chi connectivity index (χ1) is 8.65. The fraction of sp³-hybridized carbons (Fsp3) is 0.929. The van der Waals surface area contributed by atoms with Gasteiger partial charge >= 0.3 is 0 Å². The molecule has 4 heteroatoms. The minimum Gasteiger partial charge on any atom is -0.352 e. The predicted octanol–water partition coefficient (Wildman–Crippen LogP) is 0.998. The number of rotatable bonds is 3. The second-order valence-corrected chi connectivity index (χ2v) is 6.38. The lowest BCUT2D eigenvalue weighted by Gasteiger charge is -2.50. The highest BCUT2D eigenvalue weighted by Gasteiger charge is 2.41. The van der Waals surface area contributed by atoms with Crippen LogP contribution in [0.5, 0.6) is 0 Å². The number of hydrogen-bond donors (Lipinski definition) is 2. The van der Waals surface area contributed by atoms with Crippen molar-refractivity contribution in [2.24, 2.45) is 5.73 Å². The van der Waals surface area contributed by atoms with Crippen molar-refractivity contribution in [3.63, 3.8) is 0 Å². The molecule has 3 atom stereocenters. The molecule has 0 aromatic rings. The Bertz CT molecular complexity index is 315. The van der Waals surface area contributed by atoms with Crippen LogP contribution in [0.4, 0.5) is 0 Å². The molecule has 0 aromatic heterocycles. The van der Waals surface area contributed by atoms with E-state index >= 15 is 0 Å². The van der Waals surface area contributed by atoms with E-state index in [1.165, 1.54) is 19.3 Å². The lowest BCUT2D eigenvalue weighted by Crippen LogP contribution is -2.61. The molecule has 2 aliphatic heterocycles. The summed E-state index contributed by atoms with van der Waals surface area (Å²) in [4.78, 5) is 14.7. The van der Waals surface area contributed by atoms with Crippen LogP contribution in [0.1, 0.15) is 51.9 Å². The number of nitrogens with two attached hydrogens (primary N) is 1. The number of amides is 1. The highest BCUT2D eigenvalue weighted by Crippen LogP contribution is 2.35. The molecule has 3 fully saturated rings. The highest BCUT2D eigenvalue weighted by molar-refractivity contribution is 5.82. The number of nitrogens with one attached hydrogen (secondary N) is 1. The molecule has 4 nitrogen and oxygen atoms in total. The Labute approximate surface area is 109 Å². The van der Waals surface area contributed by atoms with Crippen LogP contribution < -0.4 is 11.1 Å². The molecule has 2 bridgehead atoms. The van der Waals surface area contributed by atoms with Crippen molar-refractivity contribution >= 4 is 5.91 Å². The Morgan fingerprint density at radius 1 is 1.22 bits per heavy atom. The molecule has 3 aliphatic rings. The third-order valence-corrected chi connectivity index (χ3v) is 4.82. The zero-order chi connectivity index (χ0) is 12.7. The second kappa shape index (κ2) is 4.82. The molecule has 1 aliphatic carbocycles. The van der Waals surface area contributed by atoms with E-state index in [2.05, 4.69) is 17.1 Å². The summed E-state index contributed by atoms with van der Waals surface area (Å²) in [7, 11) is 0. The third-order valence-electron chi connectivity index (χ3n) is 4.82. The van der Waals surface area contributed by atoms with Crippen LogP contribution >= 0.6 is 0 Å². The van der Waals surface area contributed by atoms with Gasteiger partial charge in [-0.05, 0) is 45.4 Å². The van der Waals surface area contributed by atoms with Gasteiger partial charge in [0.25, 0.3) is 0 Å². The van der Waals surface area contributed by atoms with E-state index in [0.717, 1.165) is 25.7 Å². The molecule has 2 heterocycles. The molecule has 1 amide bonds. The van der Waals surface area contributed by atoms with E-state index in [1.54, 1.807) is 0 Å². The minimum atomic E-state index is 0.0217. The number of fused-ring (bicyclic) bond motifs is 2. The maximum atomic E-state index is 12.2. The summed E-state index contributed by atoms with van der Waals surface area (Å²) in [5.74, 6) is 0.227. The summed E-state index contributed by atoms with van der Waals surface area (Å²) >= 11 is 0. The first-order valence-corrected chi connectivity index (χ1v) is 7.48. The van der Waals surface area contributed by atoms with Crippen LogP contribution in [0.3, 0.4) is 0 Å². The van der Waals surface area contributed by atoms with Crippen LogP contribution in [0.25, 0.3) is 0 Å². The smallest absolute Gasteiger partial charge is 0.237 e. The highest BCUT2D eigenvalue weighted by atomic mass is 16.2. The molecule has 1 saturated carbocycles. The van der Waals surface area contributed by atoms with E-state index in [-0.39, 0.29) is 11.9 Å². The zero-order valence-electron chi connectivity index (χ0n) is 11.3. The number of hydrogen-bond acceptors (Lipinski definition) is 3. The molecule has 3 N–H and O–H groups in total. The fourth-order valence-corrected chi connectivity index (χ4v) is 3.78. The van der Waals surface area contributed by atoms with E-state index in [9.17, 15) is 4.79 Å². The van der Waals surface area contributed by atoms with Gasteiger partial charge in [-0.3, -0.25) is 9.69 Å². The van der Waals surface area contributed by atoms with E-state index < -0.39 is 0 Å². The standard InChI is InChI=1S/C14H25N3O/c1-9(14(18)16-11-5-6-11)17-12-3-2-4-13(17)8-10(15)7-12/h9-13H,2-8,15H2,1H3,(H,16,18). The summed E-state index contributed by atoms with van der Waals surface area (Å²) < 4.78 is 0. The van der Waals surface area contributed by atoms with Gasteiger partial charge in [0.05, 0.1) is 6.04 Å². The van der Waals surface area contributed by atoms with Crippen molar-refractivity contribution in [1.29, 1.82) is 0 Å². The van der Waals surface area contributed by atoms with Gasteiger partial charge in [0, 0.05) is 24.2 Å². The van der Waals surface area contributed by atoms with E-state index in [4.69, 9.17) is 5.73 Å². The van der Waals surface area contributed by atoms with Gasteiger partial charge < -0.3 is 11.1 Å². The van der Waals surface area contributed by atoms with Gasteiger partial charge in [-0.15, -0.1) is 0 Å². The molecule has 3 rings (SSSR count). The van der Waals surface area contributed by atoms with Crippen molar-refractivity contribution in [1.82, 2.24) is 10.2 Å². The minimum absolute atomic E-state index is 0.0217. The Morgan fingerprint density at radius 2 is 1.83 bits per heavy atom. The van der Waals surface area contributed by atoms with Gasteiger partial charge in [-0.1, -0.05) is 6.42 Å². The predicted molar refractivity (Wildman–Crippen MR) is 71.1 cm³/mol. The molecule has 102 valence electrons. The van der Waals surface area contributed by atoms with Crippen molar-refractivity contribution in [3.05, 3.63) is 0 Å². The van der Waals surface area contributed by atoms with Crippen LogP contribution in [-0.4, -0.2) is 41.0 Å². The van der Waals surface area contributed by atoms with Crippen molar-refractivity contribution in [2.45, 2.75) is 82.1 Å². The molecule has 0 aromatic carbocycles. The molecular weight excluding hydrogens is 226 g/mol. The molecule has 2 saturated heterocycles. The lowest BCUT2D eigenvalue weighted by molar-refractivity contribution is -0.130. The molecular formula is C14H25N3O. The Morgan fingerprint density at radius 3 is 2.39 bits per heavy atom. The van der Waals surface area contributed by atoms with Gasteiger partial charge in [0.2, 0.25) is 5.91 Å². The number of carbonyl (C=O) groups is 1. The van der Waals surface area contributed by atoms with Crippen molar-refractivity contribution in [2.75, 3.05) is 0 Å². The Balaban J connectivity index is 1.67. The summed E-state index contributed by atoms with van der Waals surface area (Å²) in [5.41, 5.74) is 6.13. The first kappa shape index (κ1) is 12.4. The van der Waals surface area contributed by atoms with Crippen molar-refractivity contribution in [3.8, 4) is 0 Å². The summed E-state index contributed by atoms with van der Waals surface area (Å²) in [6.45, 7) is 2.07. The number of carbonyl (C=O) groups excluding carboxylic acids is 1. The lowest BCUT2D eigenvalue weighted by atomic mass is 9.81. The van der Waals surface area contributed by atoms with E-state index in [0.29, 0.717) is 24.2 Å². The van der Waals surface area contributed by atoms with Crippen LogP contribution in [-0.2, 0) is 4.79 Å². The normalized spacial score (nSPS) is 38.2. The fourth-order valence-electron chi connectivity index (χ4n) is 3.78. The number of nitrogens with zero attached hydrogens (tertiary/aromatic N) is 1. The average Bonchev–Trinajstić information content (AvgIpc) is 3.10. The first-order valence-electron chi connectivity index (χ1n) is 7.48. The maximum Gasteiger partial charge on any atom is 0.237 e. The molecule has 0 radical (unpaired) electrons. The third kappa shape index (κ3) is 2.41. The SMILES string of the molecule is CC(C(=O)NC1CC1)N1C2CCCC1CC(N)C2. The second-order valence-electron chi connectivity index (χ2n) is 6.38. The average molecular weight is 251 g/mol. The Hall–Kier alpha value is -0.610. The van der Waals surface area contributed by atoms with Crippen LogP contribution in [0.2, 0.25) is 0 Å². The maximum absolute atomic E-state index is 12.2. The summed E-state index contributed by atoms with van der Waals surface area (Å²) in [5, 5.41) is 3.14. The molecule has 3 unspecified atom stereocenters. The van der Waals surface area contributed by atoms with Gasteiger partial charge in [0.1, 0.15) is 0 Å². The number of piperidine rings is 2.